The zero-order valence-corrected chi connectivity index (χ0v) is 7.34. The predicted octanol–water partition coefficient (Wildman–Crippen LogP) is 1.66. The van der Waals surface area contributed by atoms with Gasteiger partial charge >= 0.3 is 0 Å². The van der Waals surface area contributed by atoms with Crippen LogP contribution in [-0.4, -0.2) is 12.0 Å². The zero-order valence-electron chi connectivity index (χ0n) is 7.34. The summed E-state index contributed by atoms with van der Waals surface area (Å²) in [6, 6.07) is 0. The number of oxazole rings is 1. The summed E-state index contributed by atoms with van der Waals surface area (Å²) in [6.07, 6.45) is 5.76. The molecule has 1 fully saturated rings. The van der Waals surface area contributed by atoms with Crippen LogP contribution in [0, 0.1) is 0 Å². The monoisotopic (exact) mass is 166 g/mol. The van der Waals surface area contributed by atoms with E-state index in [0.717, 1.165) is 18.2 Å². The molecule has 0 saturated heterocycles. The lowest BCUT2D eigenvalue weighted by Gasteiger charge is -2.22. The second kappa shape index (κ2) is 3.27. The van der Waals surface area contributed by atoms with Crippen LogP contribution in [-0.2, 0) is 6.54 Å². The highest BCUT2D eigenvalue weighted by Crippen LogP contribution is 2.36. The van der Waals surface area contributed by atoms with Crippen LogP contribution < -0.4 is 5.32 Å². The Balaban J connectivity index is 2.02. The summed E-state index contributed by atoms with van der Waals surface area (Å²) in [6.45, 7) is 0.729. The number of rotatable bonds is 3. The molecule has 1 heterocycles. The smallest absolute Gasteiger partial charge is 0.208 e. The Bertz CT molecular complexity index is 253. The van der Waals surface area contributed by atoms with Crippen molar-refractivity contribution in [3.63, 3.8) is 0 Å². The van der Waals surface area contributed by atoms with Gasteiger partial charge in [0.15, 0.2) is 0 Å². The normalized spacial score (nSPS) is 17.8. The van der Waals surface area contributed by atoms with Gasteiger partial charge in [-0.1, -0.05) is 6.42 Å². The summed E-state index contributed by atoms with van der Waals surface area (Å²) >= 11 is 0. The van der Waals surface area contributed by atoms with Gasteiger partial charge in [-0.3, -0.25) is 0 Å². The molecule has 1 aliphatic rings. The third kappa shape index (κ3) is 1.37. The van der Waals surface area contributed by atoms with Gasteiger partial charge in [-0.05, 0) is 19.9 Å². The lowest BCUT2D eigenvalue weighted by molar-refractivity contribution is 0.332. The largest absolute Gasteiger partial charge is 0.444 e. The molecule has 66 valence electrons. The molecule has 0 unspecified atom stereocenters. The standard InChI is InChI=1S/C9H14N2O/c1-10-6-9-11-5-8(12-9)7-3-2-4-7/h5,7,10H,2-4,6H2,1H3. The molecule has 0 spiro atoms. The van der Waals surface area contributed by atoms with Crippen molar-refractivity contribution in [2.24, 2.45) is 0 Å². The third-order valence-electron chi connectivity index (χ3n) is 2.41. The van der Waals surface area contributed by atoms with Crippen molar-refractivity contribution in [3.8, 4) is 0 Å². The summed E-state index contributed by atoms with van der Waals surface area (Å²) < 4.78 is 5.55. The molecule has 1 aromatic rings. The molecular formula is C9H14N2O. The van der Waals surface area contributed by atoms with Crippen molar-refractivity contribution in [2.45, 2.75) is 31.7 Å². The van der Waals surface area contributed by atoms with E-state index in [4.69, 9.17) is 4.42 Å². The first-order valence-corrected chi connectivity index (χ1v) is 4.49. The molecular weight excluding hydrogens is 152 g/mol. The van der Waals surface area contributed by atoms with E-state index < -0.39 is 0 Å². The van der Waals surface area contributed by atoms with Gasteiger partial charge in [-0.25, -0.2) is 4.98 Å². The highest BCUT2D eigenvalue weighted by atomic mass is 16.4. The van der Waals surface area contributed by atoms with Crippen LogP contribution in [0.3, 0.4) is 0 Å². The molecule has 1 aromatic heterocycles. The first-order chi connectivity index (χ1) is 5.90. The fraction of sp³-hybridized carbons (Fsp3) is 0.667. The molecule has 1 N–H and O–H groups in total. The van der Waals surface area contributed by atoms with Gasteiger partial charge in [0.2, 0.25) is 5.89 Å². The molecule has 3 nitrogen and oxygen atoms in total. The lowest BCUT2D eigenvalue weighted by atomic mass is 9.84. The van der Waals surface area contributed by atoms with Gasteiger partial charge in [0, 0.05) is 5.92 Å². The third-order valence-corrected chi connectivity index (χ3v) is 2.41. The fourth-order valence-corrected chi connectivity index (χ4v) is 1.44. The molecule has 3 heteroatoms. The minimum absolute atomic E-state index is 0.656. The topological polar surface area (TPSA) is 38.1 Å². The molecule has 1 saturated carbocycles. The van der Waals surface area contributed by atoms with Gasteiger partial charge in [0.1, 0.15) is 5.76 Å². The number of aromatic nitrogens is 1. The van der Waals surface area contributed by atoms with Crippen LogP contribution >= 0.6 is 0 Å². The Kier molecular flexibility index (Phi) is 2.13. The lowest BCUT2D eigenvalue weighted by Crippen LogP contribution is -2.07. The van der Waals surface area contributed by atoms with Gasteiger partial charge in [-0.15, -0.1) is 0 Å². The summed E-state index contributed by atoms with van der Waals surface area (Å²) in [5.41, 5.74) is 0. The number of nitrogens with one attached hydrogen (secondary N) is 1. The van der Waals surface area contributed by atoms with E-state index in [1.807, 2.05) is 13.2 Å². The van der Waals surface area contributed by atoms with E-state index in [9.17, 15) is 0 Å². The Labute approximate surface area is 72.2 Å². The number of nitrogens with zero attached hydrogens (tertiary/aromatic N) is 1. The molecule has 0 atom stereocenters. The Morgan fingerprint density at radius 3 is 3.08 bits per heavy atom. The van der Waals surface area contributed by atoms with Gasteiger partial charge in [0.25, 0.3) is 0 Å². The number of hydrogen-bond acceptors (Lipinski definition) is 3. The molecule has 0 radical (unpaired) electrons. The van der Waals surface area contributed by atoms with E-state index in [2.05, 4.69) is 10.3 Å². The molecule has 2 rings (SSSR count). The maximum Gasteiger partial charge on any atom is 0.208 e. The zero-order chi connectivity index (χ0) is 8.39. The summed E-state index contributed by atoms with van der Waals surface area (Å²) in [5.74, 6) is 2.54. The Morgan fingerprint density at radius 2 is 2.50 bits per heavy atom. The summed E-state index contributed by atoms with van der Waals surface area (Å²) in [7, 11) is 1.90. The molecule has 0 bridgehead atoms. The van der Waals surface area contributed by atoms with Crippen LogP contribution in [0.2, 0.25) is 0 Å². The second-order valence-electron chi connectivity index (χ2n) is 3.31. The molecule has 12 heavy (non-hydrogen) atoms. The quantitative estimate of drug-likeness (QED) is 0.742. The minimum atomic E-state index is 0.656. The van der Waals surface area contributed by atoms with E-state index in [-0.39, 0.29) is 0 Å². The van der Waals surface area contributed by atoms with Crippen molar-refractivity contribution < 1.29 is 4.42 Å². The van der Waals surface area contributed by atoms with E-state index in [0.29, 0.717) is 5.92 Å². The van der Waals surface area contributed by atoms with Crippen LogP contribution in [0.5, 0.6) is 0 Å². The predicted molar refractivity (Wildman–Crippen MR) is 45.9 cm³/mol. The van der Waals surface area contributed by atoms with Crippen LogP contribution in [0.15, 0.2) is 10.6 Å². The van der Waals surface area contributed by atoms with Crippen molar-refractivity contribution in [1.29, 1.82) is 0 Å². The second-order valence-corrected chi connectivity index (χ2v) is 3.31. The SMILES string of the molecule is CNCc1ncc(C2CCC2)o1. The van der Waals surface area contributed by atoms with Crippen molar-refractivity contribution in [3.05, 3.63) is 17.8 Å². The fourth-order valence-electron chi connectivity index (χ4n) is 1.44. The highest BCUT2D eigenvalue weighted by molar-refractivity contribution is 5.05. The van der Waals surface area contributed by atoms with Crippen molar-refractivity contribution >= 4 is 0 Å². The number of hydrogen-bond donors (Lipinski definition) is 1. The Hall–Kier alpha value is -0.830. The van der Waals surface area contributed by atoms with Crippen LogP contribution in [0.25, 0.3) is 0 Å². The average molecular weight is 166 g/mol. The maximum atomic E-state index is 5.55. The molecule has 1 aliphatic carbocycles. The summed E-state index contributed by atoms with van der Waals surface area (Å²) in [5, 5.41) is 3.02. The van der Waals surface area contributed by atoms with E-state index in [1.165, 1.54) is 19.3 Å². The van der Waals surface area contributed by atoms with E-state index in [1.54, 1.807) is 0 Å². The van der Waals surface area contributed by atoms with Crippen LogP contribution in [0.4, 0.5) is 0 Å². The van der Waals surface area contributed by atoms with Crippen molar-refractivity contribution in [1.82, 2.24) is 10.3 Å². The van der Waals surface area contributed by atoms with Crippen LogP contribution in [0.1, 0.15) is 36.8 Å². The first kappa shape index (κ1) is 7.80. The molecule has 0 aliphatic heterocycles. The van der Waals surface area contributed by atoms with E-state index >= 15 is 0 Å². The highest BCUT2D eigenvalue weighted by Gasteiger charge is 2.22. The van der Waals surface area contributed by atoms with Gasteiger partial charge in [-0.2, -0.15) is 0 Å². The minimum Gasteiger partial charge on any atom is -0.444 e. The first-order valence-electron chi connectivity index (χ1n) is 4.49. The summed E-state index contributed by atoms with van der Waals surface area (Å²) in [4.78, 5) is 4.18. The molecule has 0 amide bonds. The van der Waals surface area contributed by atoms with Gasteiger partial charge < -0.3 is 9.73 Å². The average Bonchev–Trinajstić information content (AvgIpc) is 2.34. The Morgan fingerprint density at radius 1 is 1.67 bits per heavy atom. The van der Waals surface area contributed by atoms with Crippen molar-refractivity contribution in [2.75, 3.05) is 7.05 Å². The maximum absolute atomic E-state index is 5.55. The molecule has 0 aromatic carbocycles. The van der Waals surface area contributed by atoms with Gasteiger partial charge in [0.05, 0.1) is 12.7 Å².